The standard InChI is InChI=1S/C29H24N4O3/c34-28-26-23(22-10-8-21(9-11-22)20-5-2-1-3-6-20)13-14-30-27(26)32-29(33-28)31-18-19-7-12-24-25(17-19)36-16-4-15-35-24/h1-3,5-14,17H,4,15-16,18H2,(H2,30,31,32,33,34). The average molecular weight is 477 g/mol. The number of hydrogen-bond acceptors (Lipinski definition) is 6. The van der Waals surface area contributed by atoms with Crippen LogP contribution in [-0.2, 0) is 6.54 Å². The Hall–Kier alpha value is -4.65. The number of aromatic nitrogens is 3. The molecule has 3 aromatic carbocycles. The number of H-pyrrole nitrogens is 1. The Bertz CT molecular complexity index is 1580. The van der Waals surface area contributed by atoms with E-state index in [1.807, 2.05) is 54.6 Å². The summed E-state index contributed by atoms with van der Waals surface area (Å²) < 4.78 is 11.5. The van der Waals surface area contributed by atoms with Crippen molar-refractivity contribution in [2.75, 3.05) is 18.5 Å². The second-order valence-electron chi connectivity index (χ2n) is 8.60. The summed E-state index contributed by atoms with van der Waals surface area (Å²) in [6.07, 6.45) is 2.54. The van der Waals surface area contributed by atoms with Crippen LogP contribution in [0.5, 0.6) is 11.5 Å². The maximum atomic E-state index is 13.1. The van der Waals surface area contributed by atoms with Crippen LogP contribution in [0, 0.1) is 0 Å². The third kappa shape index (κ3) is 4.38. The second kappa shape index (κ2) is 9.54. The number of nitrogens with one attached hydrogen (secondary N) is 2. The minimum absolute atomic E-state index is 0.239. The summed E-state index contributed by atoms with van der Waals surface area (Å²) in [5.41, 5.74) is 5.13. The van der Waals surface area contributed by atoms with Crippen LogP contribution in [0.15, 0.2) is 89.9 Å². The number of hydrogen-bond donors (Lipinski definition) is 2. The number of ether oxygens (including phenoxy) is 2. The van der Waals surface area contributed by atoms with Gasteiger partial charge >= 0.3 is 0 Å². The lowest BCUT2D eigenvalue weighted by Crippen LogP contribution is -2.14. The van der Waals surface area contributed by atoms with E-state index in [4.69, 9.17) is 9.47 Å². The Kier molecular flexibility index (Phi) is 5.79. The van der Waals surface area contributed by atoms with Gasteiger partial charge in [0.25, 0.3) is 5.56 Å². The number of pyridine rings is 1. The molecule has 178 valence electrons. The molecule has 0 unspecified atom stereocenters. The molecular weight excluding hydrogens is 452 g/mol. The minimum atomic E-state index is -0.239. The van der Waals surface area contributed by atoms with Crippen LogP contribution in [0.2, 0.25) is 0 Å². The first-order valence-corrected chi connectivity index (χ1v) is 11.9. The largest absolute Gasteiger partial charge is 0.490 e. The summed E-state index contributed by atoms with van der Waals surface area (Å²) >= 11 is 0. The molecule has 0 radical (unpaired) electrons. The lowest BCUT2D eigenvalue weighted by Gasteiger charge is -2.11. The number of rotatable bonds is 5. The van der Waals surface area contributed by atoms with Gasteiger partial charge in [0.2, 0.25) is 5.95 Å². The van der Waals surface area contributed by atoms with E-state index in [-0.39, 0.29) is 5.56 Å². The van der Waals surface area contributed by atoms with Crippen LogP contribution in [0.3, 0.4) is 0 Å². The van der Waals surface area contributed by atoms with Crippen LogP contribution < -0.4 is 20.3 Å². The molecule has 2 N–H and O–H groups in total. The summed E-state index contributed by atoms with van der Waals surface area (Å²) in [6.45, 7) is 1.75. The number of nitrogens with zero attached hydrogens (tertiary/aromatic N) is 2. The van der Waals surface area contributed by atoms with Crippen molar-refractivity contribution < 1.29 is 9.47 Å². The fourth-order valence-corrected chi connectivity index (χ4v) is 4.36. The molecule has 0 amide bonds. The summed E-state index contributed by atoms with van der Waals surface area (Å²) in [5.74, 6) is 1.85. The Morgan fingerprint density at radius 3 is 2.42 bits per heavy atom. The van der Waals surface area contributed by atoms with Crippen LogP contribution >= 0.6 is 0 Å². The summed E-state index contributed by atoms with van der Waals surface area (Å²) in [6, 6.07) is 26.0. The molecule has 0 aliphatic carbocycles. The topological polar surface area (TPSA) is 89.1 Å². The van der Waals surface area contributed by atoms with E-state index in [0.717, 1.165) is 45.7 Å². The predicted octanol–water partition coefficient (Wildman–Crippen LogP) is 5.43. The van der Waals surface area contributed by atoms with E-state index >= 15 is 0 Å². The van der Waals surface area contributed by atoms with Crippen LogP contribution in [0.25, 0.3) is 33.3 Å². The van der Waals surface area contributed by atoms with Crippen molar-refractivity contribution in [2.45, 2.75) is 13.0 Å². The van der Waals surface area contributed by atoms with E-state index in [2.05, 4.69) is 44.5 Å². The van der Waals surface area contributed by atoms with Gasteiger partial charge in [-0.1, -0.05) is 60.7 Å². The van der Waals surface area contributed by atoms with Gasteiger partial charge in [0.05, 0.1) is 18.6 Å². The summed E-state index contributed by atoms with van der Waals surface area (Å²) in [5, 5.41) is 3.66. The van der Waals surface area contributed by atoms with Gasteiger partial charge in [-0.15, -0.1) is 0 Å². The molecular formula is C29H24N4O3. The van der Waals surface area contributed by atoms with Crippen molar-refractivity contribution in [3.05, 3.63) is 101 Å². The Balaban J connectivity index is 1.26. The molecule has 36 heavy (non-hydrogen) atoms. The molecule has 6 rings (SSSR count). The summed E-state index contributed by atoms with van der Waals surface area (Å²) in [7, 11) is 0. The maximum absolute atomic E-state index is 13.1. The molecule has 0 saturated carbocycles. The highest BCUT2D eigenvalue weighted by molar-refractivity contribution is 5.92. The van der Waals surface area contributed by atoms with Crippen LogP contribution in [-0.4, -0.2) is 28.2 Å². The molecule has 1 aliphatic heterocycles. The van der Waals surface area contributed by atoms with E-state index in [0.29, 0.717) is 36.7 Å². The normalized spacial score (nSPS) is 12.8. The smallest absolute Gasteiger partial charge is 0.262 e. The van der Waals surface area contributed by atoms with Crippen LogP contribution in [0.4, 0.5) is 5.95 Å². The Morgan fingerprint density at radius 1 is 0.833 bits per heavy atom. The van der Waals surface area contributed by atoms with Gasteiger partial charge in [-0.3, -0.25) is 9.78 Å². The molecule has 5 aromatic rings. The third-order valence-electron chi connectivity index (χ3n) is 6.18. The molecule has 0 spiro atoms. The molecule has 0 bridgehead atoms. The van der Waals surface area contributed by atoms with E-state index in [1.165, 1.54) is 0 Å². The van der Waals surface area contributed by atoms with Gasteiger partial charge in [0.1, 0.15) is 0 Å². The zero-order chi connectivity index (χ0) is 24.3. The first-order valence-electron chi connectivity index (χ1n) is 11.9. The lowest BCUT2D eigenvalue weighted by atomic mass is 9.99. The highest BCUT2D eigenvalue weighted by Gasteiger charge is 2.13. The zero-order valence-electron chi connectivity index (χ0n) is 19.5. The first-order chi connectivity index (χ1) is 17.7. The van der Waals surface area contributed by atoms with Crippen LogP contribution in [0.1, 0.15) is 12.0 Å². The number of anilines is 1. The Morgan fingerprint density at radius 2 is 1.58 bits per heavy atom. The van der Waals surface area contributed by atoms with Crippen molar-refractivity contribution in [2.24, 2.45) is 0 Å². The monoisotopic (exact) mass is 476 g/mol. The molecule has 0 atom stereocenters. The molecule has 2 aromatic heterocycles. The quantitative estimate of drug-likeness (QED) is 0.352. The molecule has 7 nitrogen and oxygen atoms in total. The summed E-state index contributed by atoms with van der Waals surface area (Å²) in [4.78, 5) is 24.9. The average Bonchev–Trinajstić information content (AvgIpc) is 3.17. The molecule has 0 saturated heterocycles. The maximum Gasteiger partial charge on any atom is 0.262 e. The SMILES string of the molecule is O=c1[nH]c(NCc2ccc3c(c2)OCCCO3)nc2nccc(-c3ccc(-c4ccccc4)cc3)c12. The molecule has 1 aliphatic rings. The van der Waals surface area contributed by atoms with Gasteiger partial charge < -0.3 is 14.8 Å². The van der Waals surface area contributed by atoms with Crippen molar-refractivity contribution >= 4 is 17.0 Å². The fraction of sp³-hybridized carbons (Fsp3) is 0.138. The van der Waals surface area contributed by atoms with Crippen molar-refractivity contribution in [3.63, 3.8) is 0 Å². The van der Waals surface area contributed by atoms with E-state index in [1.54, 1.807) is 6.20 Å². The zero-order valence-corrected chi connectivity index (χ0v) is 19.5. The predicted molar refractivity (Wildman–Crippen MR) is 140 cm³/mol. The Labute approximate surface area is 207 Å². The highest BCUT2D eigenvalue weighted by Crippen LogP contribution is 2.31. The van der Waals surface area contributed by atoms with Gasteiger partial charge in [-0.25, -0.2) is 4.98 Å². The van der Waals surface area contributed by atoms with Crippen molar-refractivity contribution in [1.29, 1.82) is 0 Å². The molecule has 3 heterocycles. The van der Waals surface area contributed by atoms with Crippen molar-refractivity contribution in [1.82, 2.24) is 15.0 Å². The fourth-order valence-electron chi connectivity index (χ4n) is 4.36. The first kappa shape index (κ1) is 21.9. The number of fused-ring (bicyclic) bond motifs is 2. The van der Waals surface area contributed by atoms with Crippen molar-refractivity contribution in [3.8, 4) is 33.8 Å². The lowest BCUT2D eigenvalue weighted by molar-refractivity contribution is 0.297. The number of aromatic amines is 1. The third-order valence-corrected chi connectivity index (χ3v) is 6.18. The van der Waals surface area contributed by atoms with E-state index < -0.39 is 0 Å². The number of benzene rings is 3. The highest BCUT2D eigenvalue weighted by atomic mass is 16.5. The molecule has 0 fully saturated rings. The van der Waals surface area contributed by atoms with Gasteiger partial charge in [0.15, 0.2) is 17.1 Å². The molecule has 7 heteroatoms. The second-order valence-corrected chi connectivity index (χ2v) is 8.60. The minimum Gasteiger partial charge on any atom is -0.490 e. The van der Waals surface area contributed by atoms with E-state index in [9.17, 15) is 4.79 Å². The van der Waals surface area contributed by atoms with Gasteiger partial charge in [-0.05, 0) is 46.0 Å². The van der Waals surface area contributed by atoms with Gasteiger partial charge in [0, 0.05) is 19.2 Å². The van der Waals surface area contributed by atoms with Gasteiger partial charge in [-0.2, -0.15) is 4.98 Å².